The van der Waals surface area contributed by atoms with E-state index >= 15 is 0 Å². The third-order valence-electron chi connectivity index (χ3n) is 4.52. The van der Waals surface area contributed by atoms with Gasteiger partial charge < -0.3 is 0 Å². The van der Waals surface area contributed by atoms with Gasteiger partial charge in [0.2, 0.25) is 10.0 Å². The first-order valence-corrected chi connectivity index (χ1v) is 10.4. The molecule has 1 aliphatic rings. The lowest BCUT2D eigenvalue weighted by Crippen LogP contribution is -2.34. The number of aromatic nitrogens is 5. The first kappa shape index (κ1) is 15.8. The molecule has 0 radical (unpaired) electrons. The quantitative estimate of drug-likeness (QED) is 0.577. The number of hydrogen-bond acceptors (Lipinski definition) is 7. The number of sulfonamides is 1. The zero-order chi connectivity index (χ0) is 17.9. The molecule has 8 nitrogen and oxygen atoms in total. The highest BCUT2D eigenvalue weighted by Gasteiger charge is 2.41. The van der Waals surface area contributed by atoms with Gasteiger partial charge in [-0.05, 0) is 38.0 Å². The van der Waals surface area contributed by atoms with Gasteiger partial charge in [-0.1, -0.05) is 11.3 Å². The minimum Gasteiger partial charge on any atom is -0.236 e. The molecule has 0 amide bonds. The van der Waals surface area contributed by atoms with Crippen LogP contribution in [0, 0.1) is 0 Å². The van der Waals surface area contributed by atoms with Crippen LogP contribution in [0.3, 0.4) is 0 Å². The van der Waals surface area contributed by atoms with Crippen molar-refractivity contribution in [1.82, 2.24) is 29.5 Å². The summed E-state index contributed by atoms with van der Waals surface area (Å²) in [6.45, 7) is 1.91. The van der Waals surface area contributed by atoms with Crippen LogP contribution in [0.2, 0.25) is 0 Å². The Bertz CT molecular complexity index is 1240. The fourth-order valence-electron chi connectivity index (χ4n) is 2.83. The van der Waals surface area contributed by atoms with Crippen LogP contribution in [-0.2, 0) is 10.0 Å². The Morgan fingerprint density at radius 3 is 2.85 bits per heavy atom. The van der Waals surface area contributed by atoms with E-state index in [0.29, 0.717) is 21.7 Å². The fraction of sp³-hybridized carbons (Fsp3) is 0.250. The van der Waals surface area contributed by atoms with Crippen LogP contribution >= 0.6 is 11.3 Å². The Kier molecular flexibility index (Phi) is 3.21. The minimum atomic E-state index is -3.55. The molecule has 3 heterocycles. The standard InChI is InChI=1S/C16H14N6O2S2/c1-16(4-5-16)21-26(23,24)11-2-3-13-10(6-11)8-17-14-7-12(20-22(13)14)15-19-18-9-25-15/h2-3,6-9,21H,4-5H2,1H3. The summed E-state index contributed by atoms with van der Waals surface area (Å²) in [5.74, 6) is 0. The fourth-order valence-corrected chi connectivity index (χ4v) is 4.84. The van der Waals surface area contributed by atoms with Crippen LogP contribution in [0.25, 0.3) is 27.3 Å². The molecule has 10 heteroatoms. The molecule has 0 saturated heterocycles. The van der Waals surface area contributed by atoms with E-state index in [4.69, 9.17) is 0 Å². The van der Waals surface area contributed by atoms with Crippen LogP contribution in [0.4, 0.5) is 0 Å². The number of benzene rings is 1. The van der Waals surface area contributed by atoms with E-state index in [1.807, 2.05) is 13.0 Å². The van der Waals surface area contributed by atoms with Crippen LogP contribution in [-0.4, -0.2) is 38.8 Å². The van der Waals surface area contributed by atoms with Crippen molar-refractivity contribution in [3.63, 3.8) is 0 Å². The highest BCUT2D eigenvalue weighted by atomic mass is 32.2. The molecule has 0 aliphatic heterocycles. The van der Waals surface area contributed by atoms with Crippen LogP contribution in [0.15, 0.2) is 40.9 Å². The Morgan fingerprint density at radius 1 is 1.27 bits per heavy atom. The molecule has 26 heavy (non-hydrogen) atoms. The van der Waals surface area contributed by atoms with Crippen molar-refractivity contribution in [2.24, 2.45) is 0 Å². The molecule has 0 unspecified atom stereocenters. The maximum absolute atomic E-state index is 12.6. The summed E-state index contributed by atoms with van der Waals surface area (Å²) >= 11 is 1.40. The maximum Gasteiger partial charge on any atom is 0.241 e. The minimum absolute atomic E-state index is 0.232. The van der Waals surface area contributed by atoms with Gasteiger partial charge in [0.15, 0.2) is 10.7 Å². The normalized spacial score (nSPS) is 16.3. The van der Waals surface area contributed by atoms with Crippen LogP contribution < -0.4 is 4.72 Å². The average Bonchev–Trinajstić information content (AvgIpc) is 3.07. The van der Waals surface area contributed by atoms with E-state index in [0.717, 1.165) is 18.4 Å². The van der Waals surface area contributed by atoms with Gasteiger partial charge in [-0.2, -0.15) is 5.10 Å². The number of fused-ring (bicyclic) bond motifs is 3. The third-order valence-corrected chi connectivity index (χ3v) is 6.87. The number of hydrogen-bond donors (Lipinski definition) is 1. The lowest BCUT2D eigenvalue weighted by atomic mass is 10.2. The first-order chi connectivity index (χ1) is 12.4. The van der Waals surface area contributed by atoms with E-state index in [-0.39, 0.29) is 10.4 Å². The van der Waals surface area contributed by atoms with Gasteiger partial charge >= 0.3 is 0 Å². The highest BCUT2D eigenvalue weighted by Crippen LogP contribution is 2.36. The van der Waals surface area contributed by atoms with Gasteiger partial charge in [0.1, 0.15) is 11.2 Å². The number of nitrogens with one attached hydrogen (secondary N) is 1. The monoisotopic (exact) mass is 386 g/mol. The zero-order valence-electron chi connectivity index (χ0n) is 13.7. The Morgan fingerprint density at radius 2 is 2.12 bits per heavy atom. The predicted octanol–water partition coefficient (Wildman–Crippen LogP) is 2.23. The Balaban J connectivity index is 1.62. The summed E-state index contributed by atoms with van der Waals surface area (Å²) in [7, 11) is -3.55. The van der Waals surface area contributed by atoms with Crippen molar-refractivity contribution in [3.8, 4) is 10.7 Å². The Labute approximate surface area is 153 Å². The third kappa shape index (κ3) is 2.57. The molecule has 0 bridgehead atoms. The summed E-state index contributed by atoms with van der Waals surface area (Å²) in [6.07, 6.45) is 3.39. The van der Waals surface area contributed by atoms with Crippen molar-refractivity contribution in [2.75, 3.05) is 0 Å². The molecular formula is C16H14N6O2S2. The molecule has 4 aromatic rings. The zero-order valence-corrected chi connectivity index (χ0v) is 15.4. The van der Waals surface area contributed by atoms with Crippen molar-refractivity contribution in [3.05, 3.63) is 36.0 Å². The smallest absolute Gasteiger partial charge is 0.236 e. The Hall–Kier alpha value is -2.43. The lowest BCUT2D eigenvalue weighted by molar-refractivity contribution is 0.558. The molecule has 1 fully saturated rings. The van der Waals surface area contributed by atoms with Gasteiger partial charge in [0.05, 0.1) is 10.4 Å². The van der Waals surface area contributed by atoms with Gasteiger partial charge in [-0.3, -0.25) is 0 Å². The van der Waals surface area contributed by atoms with Crippen LogP contribution in [0.1, 0.15) is 19.8 Å². The molecule has 1 aromatic carbocycles. The number of nitrogens with zero attached hydrogens (tertiary/aromatic N) is 5. The van der Waals surface area contributed by atoms with Gasteiger partial charge in [0, 0.05) is 23.2 Å². The summed E-state index contributed by atoms with van der Waals surface area (Å²) in [4.78, 5) is 4.62. The first-order valence-electron chi connectivity index (χ1n) is 8.03. The van der Waals surface area contributed by atoms with Gasteiger partial charge in [-0.25, -0.2) is 22.6 Å². The van der Waals surface area contributed by atoms with Crippen molar-refractivity contribution >= 4 is 37.9 Å². The lowest BCUT2D eigenvalue weighted by Gasteiger charge is -2.12. The summed E-state index contributed by atoms with van der Waals surface area (Å²) in [5, 5.41) is 13.8. The topological polar surface area (TPSA) is 102 Å². The van der Waals surface area contributed by atoms with E-state index < -0.39 is 10.0 Å². The summed E-state index contributed by atoms with van der Waals surface area (Å²) in [6, 6.07) is 6.81. The molecule has 1 aliphatic carbocycles. The molecule has 1 N–H and O–H groups in total. The van der Waals surface area contributed by atoms with Crippen LogP contribution in [0.5, 0.6) is 0 Å². The van der Waals surface area contributed by atoms with Gasteiger partial charge in [-0.15, -0.1) is 10.2 Å². The molecular weight excluding hydrogens is 372 g/mol. The predicted molar refractivity (Wildman–Crippen MR) is 97.4 cm³/mol. The second-order valence-corrected chi connectivity index (χ2v) is 9.20. The molecule has 0 spiro atoms. The second-order valence-electron chi connectivity index (χ2n) is 6.69. The van der Waals surface area contributed by atoms with Gasteiger partial charge in [0.25, 0.3) is 0 Å². The van der Waals surface area contributed by atoms with E-state index in [9.17, 15) is 8.42 Å². The highest BCUT2D eigenvalue weighted by molar-refractivity contribution is 7.89. The number of rotatable bonds is 4. The van der Waals surface area contributed by atoms with Crippen molar-refractivity contribution in [2.45, 2.75) is 30.2 Å². The molecule has 132 valence electrons. The van der Waals surface area contributed by atoms with E-state index in [1.165, 1.54) is 11.3 Å². The van der Waals surface area contributed by atoms with Crippen molar-refractivity contribution in [1.29, 1.82) is 0 Å². The molecule has 3 aromatic heterocycles. The molecule has 5 rings (SSSR count). The molecule has 1 saturated carbocycles. The van der Waals surface area contributed by atoms with Crippen molar-refractivity contribution < 1.29 is 8.42 Å². The van der Waals surface area contributed by atoms with E-state index in [1.54, 1.807) is 34.4 Å². The summed E-state index contributed by atoms with van der Waals surface area (Å²) in [5.41, 5.74) is 3.47. The average molecular weight is 386 g/mol. The van der Waals surface area contributed by atoms with E-state index in [2.05, 4.69) is 25.0 Å². The SMILES string of the molecule is CC1(NS(=O)(=O)c2ccc3c(cnc4cc(-c5nncs5)nn43)c2)CC1. The largest absolute Gasteiger partial charge is 0.241 e. The maximum atomic E-state index is 12.6. The molecule has 0 atom stereocenters. The second kappa shape index (κ2) is 5.29. The summed E-state index contributed by atoms with van der Waals surface area (Å²) < 4.78 is 29.6.